The number of benzene rings is 2. The predicted octanol–water partition coefficient (Wildman–Crippen LogP) is 4.82. The molecule has 0 aliphatic rings. The lowest BCUT2D eigenvalue weighted by atomic mass is 10.0. The summed E-state index contributed by atoms with van der Waals surface area (Å²) in [5.41, 5.74) is 4.66. The van der Waals surface area contributed by atoms with Crippen molar-refractivity contribution in [3.05, 3.63) is 47.5 Å². The molecule has 0 amide bonds. The molecule has 2 N–H and O–H groups in total. The van der Waals surface area contributed by atoms with Crippen molar-refractivity contribution in [3.63, 3.8) is 0 Å². The van der Waals surface area contributed by atoms with Gasteiger partial charge in [-0.3, -0.25) is 4.79 Å². The van der Waals surface area contributed by atoms with Gasteiger partial charge in [0.25, 0.3) is 0 Å². The highest BCUT2D eigenvalue weighted by Gasteiger charge is 2.18. The van der Waals surface area contributed by atoms with Gasteiger partial charge in [0.1, 0.15) is 0 Å². The van der Waals surface area contributed by atoms with Crippen molar-refractivity contribution < 1.29 is 19.4 Å². The third-order valence-electron chi connectivity index (χ3n) is 4.57. The minimum absolute atomic E-state index is 0.0420. The van der Waals surface area contributed by atoms with E-state index in [1.807, 2.05) is 44.2 Å². The molecule has 5 heteroatoms. The molecule has 0 atom stereocenters. The number of carbonyl (C=O) groups is 1. The smallest absolute Gasteiger partial charge is 0.307 e. The minimum Gasteiger partial charge on any atom is -0.490 e. The molecule has 142 valence electrons. The van der Waals surface area contributed by atoms with E-state index in [9.17, 15) is 9.90 Å². The van der Waals surface area contributed by atoms with Crippen LogP contribution in [0.5, 0.6) is 11.5 Å². The number of para-hydroxylation sites is 1. The summed E-state index contributed by atoms with van der Waals surface area (Å²) in [5.74, 6) is 0.496. The molecule has 1 heterocycles. The summed E-state index contributed by atoms with van der Waals surface area (Å²) < 4.78 is 11.4. The number of aromatic nitrogens is 1. The Morgan fingerprint density at radius 3 is 2.44 bits per heavy atom. The second-order valence-corrected chi connectivity index (χ2v) is 6.27. The van der Waals surface area contributed by atoms with Crippen molar-refractivity contribution in [2.24, 2.45) is 0 Å². The third-order valence-corrected chi connectivity index (χ3v) is 4.57. The Labute approximate surface area is 158 Å². The van der Waals surface area contributed by atoms with Gasteiger partial charge in [-0.25, -0.2) is 0 Å². The lowest BCUT2D eigenvalue weighted by molar-refractivity contribution is -0.136. The van der Waals surface area contributed by atoms with Gasteiger partial charge in [-0.1, -0.05) is 25.1 Å². The van der Waals surface area contributed by atoms with Crippen LogP contribution in [0.4, 0.5) is 0 Å². The van der Waals surface area contributed by atoms with Gasteiger partial charge in [-0.15, -0.1) is 0 Å². The van der Waals surface area contributed by atoms with Crippen molar-refractivity contribution in [1.29, 1.82) is 0 Å². The normalized spacial score (nSPS) is 10.9. The molecule has 0 saturated carbocycles. The van der Waals surface area contributed by atoms with Crippen LogP contribution in [0.15, 0.2) is 36.4 Å². The summed E-state index contributed by atoms with van der Waals surface area (Å²) in [6.07, 6.45) is 0.830. The molecular formula is C22H25NO4. The Bertz CT molecular complexity index is 958. The zero-order valence-corrected chi connectivity index (χ0v) is 16.0. The number of hydrogen-bond acceptors (Lipinski definition) is 3. The van der Waals surface area contributed by atoms with Crippen molar-refractivity contribution in [2.45, 2.75) is 33.6 Å². The number of carboxylic acid groups (broad SMARTS) is 1. The molecule has 0 spiro atoms. The van der Waals surface area contributed by atoms with Gasteiger partial charge in [-0.2, -0.15) is 0 Å². The standard InChI is InChI=1S/C22H25NO4/c1-4-14-8-7-9-16-17(13-20(24)25)22(23-21(14)16)15-10-11-18(26-5-2)19(12-15)27-6-3/h7-12,23H,4-6,13H2,1-3H3,(H,24,25). The zero-order valence-electron chi connectivity index (χ0n) is 16.0. The second kappa shape index (κ2) is 8.16. The average Bonchev–Trinajstić information content (AvgIpc) is 3.01. The number of aryl methyl sites for hydroxylation is 1. The van der Waals surface area contributed by atoms with Crippen LogP contribution in [0.1, 0.15) is 31.9 Å². The van der Waals surface area contributed by atoms with E-state index in [1.165, 1.54) is 5.56 Å². The van der Waals surface area contributed by atoms with Crippen molar-refractivity contribution >= 4 is 16.9 Å². The minimum atomic E-state index is -0.852. The van der Waals surface area contributed by atoms with Gasteiger partial charge in [0, 0.05) is 16.5 Å². The first-order chi connectivity index (χ1) is 13.1. The highest BCUT2D eigenvalue weighted by atomic mass is 16.5. The van der Waals surface area contributed by atoms with Gasteiger partial charge >= 0.3 is 5.97 Å². The maximum absolute atomic E-state index is 11.5. The lowest BCUT2D eigenvalue weighted by Crippen LogP contribution is -2.02. The summed E-state index contributed by atoms with van der Waals surface area (Å²) in [4.78, 5) is 15.0. The SMILES string of the molecule is CCOc1ccc(-c2[nH]c3c(CC)cccc3c2CC(=O)O)cc1OCC. The quantitative estimate of drug-likeness (QED) is 0.599. The Balaban J connectivity index is 2.20. The molecular weight excluding hydrogens is 342 g/mol. The topological polar surface area (TPSA) is 71.6 Å². The van der Waals surface area contributed by atoms with Crippen LogP contribution in [0.2, 0.25) is 0 Å². The van der Waals surface area contributed by atoms with Gasteiger partial charge in [0.05, 0.1) is 25.3 Å². The number of carboxylic acids is 1. The molecule has 0 bridgehead atoms. The monoisotopic (exact) mass is 367 g/mol. The van der Waals surface area contributed by atoms with Crippen LogP contribution in [-0.2, 0) is 17.6 Å². The van der Waals surface area contributed by atoms with Crippen molar-refractivity contribution in [2.75, 3.05) is 13.2 Å². The first-order valence-electron chi connectivity index (χ1n) is 9.33. The number of aromatic amines is 1. The van der Waals surface area contributed by atoms with E-state index in [0.717, 1.165) is 34.1 Å². The first kappa shape index (κ1) is 18.8. The van der Waals surface area contributed by atoms with Gasteiger partial charge in [0.2, 0.25) is 0 Å². The maximum Gasteiger partial charge on any atom is 0.307 e. The first-order valence-corrected chi connectivity index (χ1v) is 9.33. The molecule has 1 aromatic heterocycles. The Morgan fingerprint density at radius 1 is 1.04 bits per heavy atom. The molecule has 0 fully saturated rings. The molecule has 0 aliphatic carbocycles. The highest BCUT2D eigenvalue weighted by Crippen LogP contribution is 2.37. The summed E-state index contributed by atoms with van der Waals surface area (Å²) in [6.45, 7) is 7.03. The fourth-order valence-corrected chi connectivity index (χ4v) is 3.42. The molecule has 0 saturated heterocycles. The molecule has 5 nitrogen and oxygen atoms in total. The predicted molar refractivity (Wildman–Crippen MR) is 107 cm³/mol. The van der Waals surface area contributed by atoms with Crippen molar-refractivity contribution in [3.8, 4) is 22.8 Å². The van der Waals surface area contributed by atoms with Crippen LogP contribution >= 0.6 is 0 Å². The molecule has 0 radical (unpaired) electrons. The fraction of sp³-hybridized carbons (Fsp3) is 0.318. The molecule has 3 aromatic rings. The summed E-state index contributed by atoms with van der Waals surface area (Å²) in [5, 5.41) is 10.4. The van der Waals surface area contributed by atoms with Gasteiger partial charge < -0.3 is 19.6 Å². The molecule has 2 aromatic carbocycles. The Kier molecular flexibility index (Phi) is 5.69. The molecule has 27 heavy (non-hydrogen) atoms. The van der Waals surface area contributed by atoms with Crippen LogP contribution in [0, 0.1) is 0 Å². The van der Waals surface area contributed by atoms with E-state index in [1.54, 1.807) is 0 Å². The van der Waals surface area contributed by atoms with E-state index in [4.69, 9.17) is 9.47 Å². The lowest BCUT2D eigenvalue weighted by Gasteiger charge is -2.12. The number of H-pyrrole nitrogens is 1. The number of nitrogens with one attached hydrogen (secondary N) is 1. The van der Waals surface area contributed by atoms with E-state index in [-0.39, 0.29) is 6.42 Å². The maximum atomic E-state index is 11.5. The third kappa shape index (κ3) is 3.77. The highest BCUT2D eigenvalue weighted by molar-refractivity contribution is 5.95. The van der Waals surface area contributed by atoms with E-state index < -0.39 is 5.97 Å². The zero-order chi connectivity index (χ0) is 19.4. The van der Waals surface area contributed by atoms with Crippen LogP contribution < -0.4 is 9.47 Å². The fourth-order valence-electron chi connectivity index (χ4n) is 3.42. The number of rotatable bonds is 8. The van der Waals surface area contributed by atoms with Gasteiger partial charge in [-0.05, 0) is 49.6 Å². The largest absolute Gasteiger partial charge is 0.490 e. The number of aliphatic carboxylic acids is 1. The Morgan fingerprint density at radius 2 is 1.78 bits per heavy atom. The van der Waals surface area contributed by atoms with E-state index in [2.05, 4.69) is 18.0 Å². The molecule has 3 rings (SSSR count). The average molecular weight is 367 g/mol. The van der Waals surface area contributed by atoms with Crippen LogP contribution in [-0.4, -0.2) is 29.3 Å². The van der Waals surface area contributed by atoms with Crippen molar-refractivity contribution in [1.82, 2.24) is 4.98 Å². The van der Waals surface area contributed by atoms with E-state index >= 15 is 0 Å². The molecule has 0 aliphatic heterocycles. The van der Waals surface area contributed by atoms with E-state index in [0.29, 0.717) is 24.7 Å². The van der Waals surface area contributed by atoms with Gasteiger partial charge in [0.15, 0.2) is 11.5 Å². The summed E-state index contributed by atoms with van der Waals surface area (Å²) in [7, 11) is 0. The summed E-state index contributed by atoms with van der Waals surface area (Å²) >= 11 is 0. The summed E-state index contributed by atoms with van der Waals surface area (Å²) in [6, 6.07) is 11.8. The molecule has 0 unspecified atom stereocenters. The number of ether oxygens (including phenoxy) is 2. The van der Waals surface area contributed by atoms with Crippen LogP contribution in [0.3, 0.4) is 0 Å². The van der Waals surface area contributed by atoms with Crippen LogP contribution in [0.25, 0.3) is 22.2 Å². The number of hydrogen-bond donors (Lipinski definition) is 2. The number of fused-ring (bicyclic) bond motifs is 1. The Hall–Kier alpha value is -2.95. The second-order valence-electron chi connectivity index (χ2n) is 6.27.